The molecule has 12 heteroatoms. The maximum Gasteiger partial charge on any atom is 0.328 e. The van der Waals surface area contributed by atoms with E-state index in [-0.39, 0.29) is 10.9 Å². The van der Waals surface area contributed by atoms with Crippen molar-refractivity contribution in [2.75, 3.05) is 5.32 Å². The van der Waals surface area contributed by atoms with Crippen molar-refractivity contribution in [2.24, 2.45) is 0 Å². The molecule has 32 heavy (non-hydrogen) atoms. The number of anilines is 2. The molecular weight excluding hydrogens is 440 g/mol. The number of rotatable bonds is 7. The highest BCUT2D eigenvalue weighted by atomic mass is 32.2. The third kappa shape index (κ3) is 9.71. The molecule has 0 saturated heterocycles. The normalized spacial score (nSPS) is 10.8. The monoisotopic (exact) mass is 464 g/mol. The SMILES string of the molecule is Cc1cccc(Nc2ccncc2S(=O)(=O)NC(=O)NC(C)C)c1.O=C(O)/C=C\C(=O)O. The molecule has 0 aliphatic rings. The van der Waals surface area contributed by atoms with Crippen molar-refractivity contribution >= 4 is 39.4 Å². The van der Waals surface area contributed by atoms with Crippen LogP contribution in [0.3, 0.4) is 0 Å². The topological polar surface area (TPSA) is 175 Å². The lowest BCUT2D eigenvalue weighted by atomic mass is 10.2. The van der Waals surface area contributed by atoms with Gasteiger partial charge in [0.25, 0.3) is 10.0 Å². The number of pyridine rings is 1. The van der Waals surface area contributed by atoms with Gasteiger partial charge in [0.1, 0.15) is 4.90 Å². The van der Waals surface area contributed by atoms with Gasteiger partial charge in [0, 0.05) is 36.3 Å². The van der Waals surface area contributed by atoms with Gasteiger partial charge in [0.05, 0.1) is 5.69 Å². The molecule has 5 N–H and O–H groups in total. The van der Waals surface area contributed by atoms with E-state index in [2.05, 4.69) is 15.6 Å². The fraction of sp³-hybridized carbons (Fsp3) is 0.200. The lowest BCUT2D eigenvalue weighted by Crippen LogP contribution is -2.42. The Morgan fingerprint density at radius 1 is 1.06 bits per heavy atom. The molecule has 0 atom stereocenters. The molecule has 1 aromatic heterocycles. The number of benzene rings is 1. The second-order valence-electron chi connectivity index (χ2n) is 6.61. The molecular formula is C20H24N4O7S. The van der Waals surface area contributed by atoms with Gasteiger partial charge in [-0.25, -0.2) is 27.5 Å². The number of carboxylic acids is 2. The summed E-state index contributed by atoms with van der Waals surface area (Å²) in [5, 5.41) is 21.1. The number of hydrogen-bond donors (Lipinski definition) is 5. The van der Waals surface area contributed by atoms with Gasteiger partial charge in [0.15, 0.2) is 0 Å². The average Bonchev–Trinajstić information content (AvgIpc) is 2.66. The van der Waals surface area contributed by atoms with Gasteiger partial charge in [-0.3, -0.25) is 4.98 Å². The summed E-state index contributed by atoms with van der Waals surface area (Å²) < 4.78 is 26.9. The maximum atomic E-state index is 12.5. The summed E-state index contributed by atoms with van der Waals surface area (Å²) in [7, 11) is -4.05. The second-order valence-corrected chi connectivity index (χ2v) is 8.26. The Morgan fingerprint density at radius 3 is 2.22 bits per heavy atom. The van der Waals surface area contributed by atoms with Crippen LogP contribution < -0.4 is 15.4 Å². The Hall–Kier alpha value is -3.93. The lowest BCUT2D eigenvalue weighted by Gasteiger charge is -2.14. The van der Waals surface area contributed by atoms with E-state index in [1.54, 1.807) is 13.8 Å². The Morgan fingerprint density at radius 2 is 1.69 bits per heavy atom. The van der Waals surface area contributed by atoms with Crippen molar-refractivity contribution in [3.05, 3.63) is 60.4 Å². The van der Waals surface area contributed by atoms with Crippen LogP contribution in [-0.4, -0.2) is 47.6 Å². The van der Waals surface area contributed by atoms with Crippen molar-refractivity contribution in [3.63, 3.8) is 0 Å². The van der Waals surface area contributed by atoms with Gasteiger partial charge in [-0.2, -0.15) is 0 Å². The highest BCUT2D eigenvalue weighted by molar-refractivity contribution is 7.90. The number of nitrogens with one attached hydrogen (secondary N) is 3. The van der Waals surface area contributed by atoms with Crippen LogP contribution in [0.4, 0.5) is 16.2 Å². The van der Waals surface area contributed by atoms with Crippen LogP contribution in [0.5, 0.6) is 0 Å². The van der Waals surface area contributed by atoms with E-state index in [4.69, 9.17) is 10.2 Å². The number of carbonyl (C=O) groups is 3. The zero-order chi connectivity index (χ0) is 24.3. The summed E-state index contributed by atoms with van der Waals surface area (Å²) in [5.41, 5.74) is 2.11. The molecule has 0 unspecified atom stereocenters. The number of hydrogen-bond acceptors (Lipinski definition) is 7. The first-order valence-electron chi connectivity index (χ1n) is 9.15. The van der Waals surface area contributed by atoms with Crippen LogP contribution >= 0.6 is 0 Å². The number of sulfonamides is 1. The van der Waals surface area contributed by atoms with Crippen molar-refractivity contribution in [2.45, 2.75) is 31.7 Å². The summed E-state index contributed by atoms with van der Waals surface area (Å²) in [6, 6.07) is 8.08. The number of carbonyl (C=O) groups excluding carboxylic acids is 1. The minimum atomic E-state index is -4.05. The highest BCUT2D eigenvalue weighted by Gasteiger charge is 2.22. The van der Waals surface area contributed by atoms with Crippen molar-refractivity contribution in [1.29, 1.82) is 0 Å². The van der Waals surface area contributed by atoms with Gasteiger partial charge < -0.3 is 20.8 Å². The molecule has 172 valence electrons. The van der Waals surface area contributed by atoms with Crippen LogP contribution in [0, 0.1) is 6.92 Å². The molecule has 2 rings (SSSR count). The van der Waals surface area contributed by atoms with Gasteiger partial charge in [0.2, 0.25) is 0 Å². The Labute approximate surface area is 185 Å². The Balaban J connectivity index is 0.000000547. The first kappa shape index (κ1) is 26.1. The van der Waals surface area contributed by atoms with E-state index in [1.807, 2.05) is 35.9 Å². The molecule has 0 radical (unpaired) electrons. The zero-order valence-electron chi connectivity index (χ0n) is 17.6. The highest BCUT2D eigenvalue weighted by Crippen LogP contribution is 2.24. The molecule has 0 bridgehead atoms. The minimum absolute atomic E-state index is 0.106. The van der Waals surface area contributed by atoms with Crippen LogP contribution in [0.25, 0.3) is 0 Å². The third-order valence-corrected chi connectivity index (χ3v) is 4.74. The van der Waals surface area contributed by atoms with Crippen molar-refractivity contribution < 1.29 is 33.0 Å². The summed E-state index contributed by atoms with van der Waals surface area (Å²) in [6.45, 7) is 5.41. The summed E-state index contributed by atoms with van der Waals surface area (Å²) >= 11 is 0. The van der Waals surface area contributed by atoms with E-state index in [9.17, 15) is 22.8 Å². The number of urea groups is 1. The quantitative estimate of drug-likeness (QED) is 0.385. The van der Waals surface area contributed by atoms with Gasteiger partial charge >= 0.3 is 18.0 Å². The predicted molar refractivity (Wildman–Crippen MR) is 117 cm³/mol. The average molecular weight is 465 g/mol. The molecule has 1 aromatic carbocycles. The van der Waals surface area contributed by atoms with E-state index < -0.39 is 28.0 Å². The summed E-state index contributed by atoms with van der Waals surface area (Å²) in [6.07, 6.45) is 3.79. The molecule has 2 aromatic rings. The van der Waals surface area contributed by atoms with Gasteiger partial charge in [-0.15, -0.1) is 0 Å². The number of amides is 2. The third-order valence-electron chi connectivity index (χ3n) is 3.39. The smallest absolute Gasteiger partial charge is 0.328 e. The minimum Gasteiger partial charge on any atom is -0.478 e. The molecule has 2 amide bonds. The number of nitrogens with zero attached hydrogens (tertiary/aromatic N) is 1. The fourth-order valence-electron chi connectivity index (χ4n) is 2.19. The van der Waals surface area contributed by atoms with Crippen LogP contribution in [-0.2, 0) is 19.6 Å². The molecule has 0 aliphatic carbocycles. The largest absolute Gasteiger partial charge is 0.478 e. The van der Waals surface area contributed by atoms with E-state index in [0.29, 0.717) is 17.8 Å². The molecule has 0 aliphatic heterocycles. The molecule has 11 nitrogen and oxygen atoms in total. The van der Waals surface area contributed by atoms with Crippen LogP contribution in [0.1, 0.15) is 19.4 Å². The summed E-state index contributed by atoms with van der Waals surface area (Å²) in [5.74, 6) is -2.51. The van der Waals surface area contributed by atoms with Gasteiger partial charge in [-0.1, -0.05) is 12.1 Å². The maximum absolute atomic E-state index is 12.5. The number of aliphatic carboxylic acids is 2. The molecule has 0 fully saturated rings. The number of carboxylic acid groups (broad SMARTS) is 2. The first-order valence-corrected chi connectivity index (χ1v) is 10.6. The van der Waals surface area contributed by atoms with Crippen LogP contribution in [0.2, 0.25) is 0 Å². The summed E-state index contributed by atoms with van der Waals surface area (Å²) in [4.78, 5) is 34.6. The Kier molecular flexibility index (Phi) is 9.83. The van der Waals surface area contributed by atoms with E-state index >= 15 is 0 Å². The first-order chi connectivity index (χ1) is 14.9. The predicted octanol–water partition coefficient (Wildman–Crippen LogP) is 2.24. The second kappa shape index (κ2) is 12.1. The molecule has 0 spiro atoms. The van der Waals surface area contributed by atoms with E-state index in [0.717, 1.165) is 11.3 Å². The van der Waals surface area contributed by atoms with Gasteiger partial charge in [-0.05, 0) is 44.5 Å². The zero-order valence-corrected chi connectivity index (χ0v) is 18.4. The number of aryl methyl sites for hydroxylation is 1. The Bertz CT molecular complexity index is 1080. The lowest BCUT2D eigenvalue weighted by molar-refractivity contribution is -0.134. The van der Waals surface area contributed by atoms with Crippen molar-refractivity contribution in [3.8, 4) is 0 Å². The molecule has 0 saturated carbocycles. The van der Waals surface area contributed by atoms with E-state index in [1.165, 1.54) is 18.5 Å². The standard InChI is InChI=1S/C16H20N4O3S.C4H4O4/c1-11(2)18-16(21)20-24(22,23)15-10-17-8-7-14(15)19-13-6-4-5-12(3)9-13;5-3(6)1-2-4(7)8/h4-11H,1-3H3,(H,17,19)(H2,18,20,21);1-2H,(H,5,6)(H,7,8)/b;2-1-. The fourth-order valence-corrected chi connectivity index (χ4v) is 3.21. The van der Waals surface area contributed by atoms with Crippen molar-refractivity contribution in [1.82, 2.24) is 15.0 Å². The molecule has 1 heterocycles. The number of aromatic nitrogens is 1. The van der Waals surface area contributed by atoms with Crippen LogP contribution in [0.15, 0.2) is 59.8 Å².